The molecule has 6 nitrogen and oxygen atoms in total. The van der Waals surface area contributed by atoms with Gasteiger partial charge in [0.2, 0.25) is 0 Å². The minimum Gasteiger partial charge on any atom is -0.484 e. The van der Waals surface area contributed by atoms with Crippen LogP contribution in [0.5, 0.6) is 5.75 Å². The van der Waals surface area contributed by atoms with E-state index in [-0.39, 0.29) is 5.75 Å². The molecule has 1 aromatic carbocycles. The molecule has 0 saturated heterocycles. The number of hydrogen-bond donors (Lipinski definition) is 4. The molecule has 0 fully saturated rings. The number of amides is 1. The highest BCUT2D eigenvalue weighted by Crippen LogP contribution is 2.11. The van der Waals surface area contributed by atoms with Gasteiger partial charge in [-0.15, -0.1) is 0 Å². The van der Waals surface area contributed by atoms with Crippen molar-refractivity contribution in [1.29, 1.82) is 0 Å². The Balaban J connectivity index is 2.52. The molecule has 0 aliphatic carbocycles. The maximum absolute atomic E-state index is 12.8. The summed E-state index contributed by atoms with van der Waals surface area (Å²) in [6.45, 7) is -2.28. The maximum Gasteiger partial charge on any atom is 0.258 e. The fourth-order valence-electron chi connectivity index (χ4n) is 1.31. The predicted molar refractivity (Wildman–Crippen MR) is 64.0 cm³/mol. The summed E-state index contributed by atoms with van der Waals surface area (Å²) in [5, 5.41) is 29.3. The molecule has 0 unspecified atom stereocenters. The number of hydrogen-bond acceptors (Lipinski definition) is 5. The highest BCUT2D eigenvalue weighted by Gasteiger charge is 2.29. The van der Waals surface area contributed by atoms with Crippen molar-refractivity contribution in [3.8, 4) is 5.75 Å². The quantitative estimate of drug-likeness (QED) is 0.512. The molecular formula is C12H16FNO5. The number of rotatable bonds is 7. The van der Waals surface area contributed by atoms with Crippen LogP contribution in [0.15, 0.2) is 24.3 Å². The SMILES string of the molecule is O=C(COc1cccc(F)c1)NC(CO)(CO)CO. The van der Waals surface area contributed by atoms with Crippen molar-refractivity contribution < 1.29 is 29.2 Å². The lowest BCUT2D eigenvalue weighted by Gasteiger charge is -2.28. The van der Waals surface area contributed by atoms with Gasteiger partial charge in [-0.25, -0.2) is 4.39 Å². The van der Waals surface area contributed by atoms with Crippen LogP contribution in [0.3, 0.4) is 0 Å². The number of nitrogens with one attached hydrogen (secondary N) is 1. The highest BCUT2D eigenvalue weighted by atomic mass is 19.1. The fraction of sp³-hybridized carbons (Fsp3) is 0.417. The second kappa shape index (κ2) is 7.03. The molecule has 0 bridgehead atoms. The van der Waals surface area contributed by atoms with Gasteiger partial charge in [0.15, 0.2) is 6.61 Å². The van der Waals surface area contributed by atoms with Crippen LogP contribution in [0, 0.1) is 5.82 Å². The van der Waals surface area contributed by atoms with Crippen molar-refractivity contribution in [3.05, 3.63) is 30.1 Å². The van der Waals surface area contributed by atoms with Crippen molar-refractivity contribution >= 4 is 5.91 Å². The second-order valence-electron chi connectivity index (χ2n) is 4.05. The lowest BCUT2D eigenvalue weighted by Crippen LogP contribution is -2.58. The van der Waals surface area contributed by atoms with E-state index in [1.54, 1.807) is 0 Å². The van der Waals surface area contributed by atoms with E-state index in [1.807, 2.05) is 0 Å². The zero-order valence-corrected chi connectivity index (χ0v) is 10.2. The number of carbonyl (C=O) groups excluding carboxylic acids is 1. The van der Waals surface area contributed by atoms with Gasteiger partial charge < -0.3 is 25.4 Å². The number of halogens is 1. The molecule has 0 atom stereocenters. The maximum atomic E-state index is 12.8. The minimum absolute atomic E-state index is 0.178. The molecule has 0 heterocycles. The Bertz CT molecular complexity index is 414. The van der Waals surface area contributed by atoms with E-state index < -0.39 is 43.7 Å². The third kappa shape index (κ3) is 4.47. The number of carbonyl (C=O) groups is 1. The molecule has 7 heteroatoms. The molecular weight excluding hydrogens is 257 g/mol. The van der Waals surface area contributed by atoms with Crippen molar-refractivity contribution in [2.75, 3.05) is 26.4 Å². The smallest absolute Gasteiger partial charge is 0.258 e. The first-order valence-corrected chi connectivity index (χ1v) is 5.57. The minimum atomic E-state index is -1.50. The molecule has 0 aliphatic rings. The molecule has 0 aromatic heterocycles. The Morgan fingerprint density at radius 2 is 1.89 bits per heavy atom. The fourth-order valence-corrected chi connectivity index (χ4v) is 1.31. The lowest BCUT2D eigenvalue weighted by atomic mass is 10.0. The van der Waals surface area contributed by atoms with Crippen LogP contribution >= 0.6 is 0 Å². The van der Waals surface area contributed by atoms with Gasteiger partial charge in [0.1, 0.15) is 17.1 Å². The van der Waals surface area contributed by atoms with Gasteiger partial charge in [0.25, 0.3) is 5.91 Å². The van der Waals surface area contributed by atoms with E-state index in [4.69, 9.17) is 20.1 Å². The summed E-state index contributed by atoms with van der Waals surface area (Å²) in [4.78, 5) is 11.5. The van der Waals surface area contributed by atoms with Crippen molar-refractivity contribution in [2.24, 2.45) is 0 Å². The third-order valence-electron chi connectivity index (χ3n) is 2.48. The highest BCUT2D eigenvalue weighted by molar-refractivity contribution is 5.78. The largest absolute Gasteiger partial charge is 0.484 e. The first kappa shape index (κ1) is 15.4. The predicted octanol–water partition coefficient (Wildman–Crippen LogP) is -0.964. The van der Waals surface area contributed by atoms with Crippen LogP contribution in [0.4, 0.5) is 4.39 Å². The van der Waals surface area contributed by atoms with E-state index in [2.05, 4.69) is 5.32 Å². The number of ether oxygens (including phenoxy) is 1. The van der Waals surface area contributed by atoms with Crippen LogP contribution < -0.4 is 10.1 Å². The monoisotopic (exact) mass is 273 g/mol. The molecule has 4 N–H and O–H groups in total. The Kier molecular flexibility index (Phi) is 5.68. The Hall–Kier alpha value is -1.70. The number of benzene rings is 1. The average molecular weight is 273 g/mol. The van der Waals surface area contributed by atoms with E-state index in [0.29, 0.717) is 0 Å². The molecule has 0 aliphatic heterocycles. The standard InChI is InChI=1S/C12H16FNO5/c13-9-2-1-3-10(4-9)19-5-11(18)14-12(6-15,7-16)8-17/h1-4,15-17H,5-8H2,(H,14,18). The zero-order chi connectivity index (χ0) is 14.3. The first-order chi connectivity index (χ1) is 9.05. The summed E-state index contributed by atoms with van der Waals surface area (Å²) in [7, 11) is 0. The topological polar surface area (TPSA) is 99.0 Å². The van der Waals surface area contributed by atoms with E-state index in [9.17, 15) is 9.18 Å². The summed E-state index contributed by atoms with van der Waals surface area (Å²) in [5.41, 5.74) is -1.50. The summed E-state index contributed by atoms with van der Waals surface area (Å²) >= 11 is 0. The molecule has 1 amide bonds. The van der Waals surface area contributed by atoms with Gasteiger partial charge >= 0.3 is 0 Å². The average Bonchev–Trinajstić information content (AvgIpc) is 2.43. The molecule has 0 saturated carbocycles. The molecule has 19 heavy (non-hydrogen) atoms. The van der Waals surface area contributed by atoms with Crippen molar-refractivity contribution in [3.63, 3.8) is 0 Å². The van der Waals surface area contributed by atoms with E-state index in [0.717, 1.165) is 6.07 Å². The normalized spacial score (nSPS) is 11.2. The summed E-state index contributed by atoms with van der Waals surface area (Å²) in [6.07, 6.45) is 0. The summed E-state index contributed by atoms with van der Waals surface area (Å²) in [6, 6.07) is 5.27. The summed E-state index contributed by atoms with van der Waals surface area (Å²) < 4.78 is 17.9. The number of aliphatic hydroxyl groups is 3. The molecule has 1 rings (SSSR count). The van der Waals surface area contributed by atoms with Gasteiger partial charge in [0, 0.05) is 6.07 Å². The molecule has 106 valence electrons. The van der Waals surface area contributed by atoms with E-state index in [1.165, 1.54) is 18.2 Å². The Morgan fingerprint density at radius 1 is 1.26 bits per heavy atom. The van der Waals surface area contributed by atoms with Crippen LogP contribution in [0.2, 0.25) is 0 Å². The Labute approximate surface area is 109 Å². The molecule has 0 spiro atoms. The summed E-state index contributed by atoms with van der Waals surface area (Å²) in [5.74, 6) is -0.965. The van der Waals surface area contributed by atoms with Crippen molar-refractivity contribution in [1.82, 2.24) is 5.32 Å². The first-order valence-electron chi connectivity index (χ1n) is 5.57. The van der Waals surface area contributed by atoms with Gasteiger partial charge in [-0.3, -0.25) is 4.79 Å². The van der Waals surface area contributed by atoms with Gasteiger partial charge in [-0.1, -0.05) is 6.07 Å². The lowest BCUT2D eigenvalue weighted by molar-refractivity contribution is -0.127. The Morgan fingerprint density at radius 3 is 2.42 bits per heavy atom. The van der Waals surface area contributed by atoms with Gasteiger partial charge in [0.05, 0.1) is 19.8 Å². The van der Waals surface area contributed by atoms with E-state index >= 15 is 0 Å². The van der Waals surface area contributed by atoms with Gasteiger partial charge in [-0.2, -0.15) is 0 Å². The van der Waals surface area contributed by atoms with Crippen molar-refractivity contribution in [2.45, 2.75) is 5.54 Å². The van der Waals surface area contributed by atoms with Crippen LogP contribution in [0.25, 0.3) is 0 Å². The third-order valence-corrected chi connectivity index (χ3v) is 2.48. The molecule has 0 radical (unpaired) electrons. The zero-order valence-electron chi connectivity index (χ0n) is 10.2. The number of aliphatic hydroxyl groups excluding tert-OH is 3. The molecule has 1 aromatic rings. The van der Waals surface area contributed by atoms with Crippen LogP contribution in [-0.2, 0) is 4.79 Å². The van der Waals surface area contributed by atoms with Gasteiger partial charge in [-0.05, 0) is 12.1 Å². The van der Waals surface area contributed by atoms with Crippen LogP contribution in [-0.4, -0.2) is 53.2 Å². The van der Waals surface area contributed by atoms with Crippen LogP contribution in [0.1, 0.15) is 0 Å². The second-order valence-corrected chi connectivity index (χ2v) is 4.05.